The molecule has 3 N–H and O–H groups in total. The molecule has 14 heteroatoms. The van der Waals surface area contributed by atoms with Gasteiger partial charge in [-0.3, -0.25) is 9.48 Å². The van der Waals surface area contributed by atoms with E-state index < -0.39 is 49.7 Å². The number of nitrogens with one attached hydrogen (secondary N) is 1. The minimum absolute atomic E-state index is 0.00277. The third-order valence-corrected chi connectivity index (χ3v) is 7.90. The Kier molecular flexibility index (Phi) is 6.68. The molecule has 2 aromatic heterocycles. The molecule has 2 aromatic rings. The fourth-order valence-corrected chi connectivity index (χ4v) is 5.49. The molecule has 1 fully saturated rings. The number of hydrogen-bond acceptors (Lipinski definition) is 6. The van der Waals surface area contributed by atoms with Gasteiger partial charge >= 0.3 is 6.03 Å². The number of nitrogens with zero attached hydrogens (tertiary/aromatic N) is 4. The smallest absolute Gasteiger partial charge is 0.321 e. The van der Waals surface area contributed by atoms with Crippen LogP contribution in [0.25, 0.3) is 0 Å². The van der Waals surface area contributed by atoms with Gasteiger partial charge in [0.2, 0.25) is 14.8 Å². The zero-order valence-corrected chi connectivity index (χ0v) is 18.7. The number of aryl methyl sites for hydroxylation is 1. The van der Waals surface area contributed by atoms with Gasteiger partial charge in [0.15, 0.2) is 0 Å². The van der Waals surface area contributed by atoms with Crippen LogP contribution >= 0.6 is 0 Å². The molecule has 1 aliphatic rings. The molecule has 0 radical (unpaired) electrons. The Morgan fingerprint density at radius 1 is 1.27 bits per heavy atom. The lowest BCUT2D eigenvalue weighted by Crippen LogP contribution is -2.48. The quantitative estimate of drug-likeness (QED) is 0.639. The number of anilines is 1. The van der Waals surface area contributed by atoms with Crippen molar-refractivity contribution in [2.45, 2.75) is 36.1 Å². The number of carbonyl (C=O) groups is 2. The van der Waals surface area contributed by atoms with Crippen LogP contribution in [0.3, 0.4) is 0 Å². The van der Waals surface area contributed by atoms with Gasteiger partial charge in [-0.1, -0.05) is 0 Å². The number of aromatic nitrogens is 3. The van der Waals surface area contributed by atoms with Crippen LogP contribution < -0.4 is 11.1 Å². The molecule has 1 saturated heterocycles. The van der Waals surface area contributed by atoms with Crippen molar-refractivity contribution in [2.24, 2.45) is 18.7 Å². The number of hydrogen-bond donors (Lipinski definition) is 2. The number of amides is 3. The molecule has 3 heterocycles. The number of pyridine rings is 1. The minimum Gasteiger partial charge on any atom is -0.364 e. The second-order valence-corrected chi connectivity index (χ2v) is 10.1. The second kappa shape index (κ2) is 9.00. The molecule has 3 rings (SSSR count). The summed E-state index contributed by atoms with van der Waals surface area (Å²) in [5.74, 6) is -1.74. The highest BCUT2D eigenvalue weighted by atomic mass is 32.2. The summed E-state index contributed by atoms with van der Waals surface area (Å²) in [5.41, 5.74) is 4.45. The van der Waals surface area contributed by atoms with E-state index in [9.17, 15) is 26.8 Å². The van der Waals surface area contributed by atoms with Crippen molar-refractivity contribution in [3.05, 3.63) is 35.9 Å². The summed E-state index contributed by atoms with van der Waals surface area (Å²) in [6.07, 6.45) is -1.05. The van der Waals surface area contributed by atoms with Crippen LogP contribution in [-0.2, 0) is 16.9 Å². The monoisotopic (exact) mass is 488 g/mol. The van der Waals surface area contributed by atoms with E-state index in [0.29, 0.717) is 5.69 Å². The molecule has 0 aliphatic carbocycles. The maximum atomic E-state index is 15.6. The molecule has 3 amide bonds. The molecular formula is C19H23F3N6O4S. The van der Waals surface area contributed by atoms with Gasteiger partial charge in [0.1, 0.15) is 16.3 Å². The van der Waals surface area contributed by atoms with Crippen LogP contribution in [0.15, 0.2) is 29.4 Å². The zero-order chi connectivity index (χ0) is 24.6. The van der Waals surface area contributed by atoms with Gasteiger partial charge in [0.05, 0.1) is 11.9 Å². The number of likely N-dealkylation sites (tertiary alicyclic amines) is 1. The van der Waals surface area contributed by atoms with Crippen LogP contribution in [-0.4, -0.2) is 58.1 Å². The van der Waals surface area contributed by atoms with Crippen molar-refractivity contribution in [1.82, 2.24) is 19.7 Å². The van der Waals surface area contributed by atoms with Gasteiger partial charge in [-0.25, -0.2) is 31.4 Å². The first-order chi connectivity index (χ1) is 15.3. The first-order valence-electron chi connectivity index (χ1n) is 9.91. The topological polar surface area (TPSA) is 140 Å². The number of piperidine rings is 1. The molecular weight excluding hydrogens is 465 g/mol. The number of sulfone groups is 1. The van der Waals surface area contributed by atoms with E-state index in [2.05, 4.69) is 15.4 Å². The second-order valence-electron chi connectivity index (χ2n) is 7.83. The summed E-state index contributed by atoms with van der Waals surface area (Å²) in [6.45, 7) is 0.955. The minimum atomic E-state index is -4.79. The van der Waals surface area contributed by atoms with Gasteiger partial charge in [0.25, 0.3) is 12.3 Å². The Morgan fingerprint density at radius 3 is 2.42 bits per heavy atom. The molecule has 1 unspecified atom stereocenters. The first-order valence-corrected chi connectivity index (χ1v) is 11.4. The van der Waals surface area contributed by atoms with Crippen molar-refractivity contribution in [3.8, 4) is 0 Å². The average molecular weight is 488 g/mol. The SMILES string of the molecule is Cn1cc(S(=O)(=O)C(C)(F)C2CCN(C(=O)Nc3ccc(C(N)=O)nc3)CC2)c(C(F)F)n1. The summed E-state index contributed by atoms with van der Waals surface area (Å²) in [4.78, 5) is 27.9. The van der Waals surface area contributed by atoms with E-state index in [0.717, 1.165) is 17.8 Å². The molecule has 33 heavy (non-hydrogen) atoms. The highest BCUT2D eigenvalue weighted by Crippen LogP contribution is 2.41. The number of primary amides is 1. The number of halogens is 3. The van der Waals surface area contributed by atoms with Gasteiger partial charge in [-0.15, -0.1) is 0 Å². The fourth-order valence-electron chi connectivity index (χ4n) is 3.69. The normalized spacial score (nSPS) is 17.1. The third-order valence-electron chi connectivity index (χ3n) is 5.62. The van der Waals surface area contributed by atoms with E-state index in [1.807, 2.05) is 0 Å². The lowest BCUT2D eigenvalue weighted by molar-refractivity contribution is 0.0995. The van der Waals surface area contributed by atoms with Gasteiger partial charge < -0.3 is 16.0 Å². The molecule has 0 spiro atoms. The van der Waals surface area contributed by atoms with Crippen LogP contribution in [0.2, 0.25) is 0 Å². The Hall–Kier alpha value is -3.16. The van der Waals surface area contributed by atoms with Crippen molar-refractivity contribution >= 4 is 27.5 Å². The van der Waals surface area contributed by atoms with Crippen molar-refractivity contribution in [2.75, 3.05) is 18.4 Å². The lowest BCUT2D eigenvalue weighted by Gasteiger charge is -2.37. The van der Waals surface area contributed by atoms with Crippen LogP contribution in [0, 0.1) is 5.92 Å². The first kappa shape index (κ1) is 24.5. The predicted molar refractivity (Wildman–Crippen MR) is 111 cm³/mol. The van der Waals surface area contributed by atoms with E-state index >= 15 is 4.39 Å². The highest BCUT2D eigenvalue weighted by molar-refractivity contribution is 7.92. The Morgan fingerprint density at radius 2 is 1.91 bits per heavy atom. The summed E-state index contributed by atoms with van der Waals surface area (Å²) in [6, 6.07) is 2.27. The van der Waals surface area contributed by atoms with Crippen molar-refractivity contribution < 1.29 is 31.2 Å². The van der Waals surface area contributed by atoms with Crippen LogP contribution in [0.1, 0.15) is 42.4 Å². The number of nitrogens with two attached hydrogens (primary N) is 1. The highest BCUT2D eigenvalue weighted by Gasteiger charge is 2.50. The molecule has 0 bridgehead atoms. The summed E-state index contributed by atoms with van der Waals surface area (Å²) in [5, 5.41) is 3.19. The van der Waals surface area contributed by atoms with E-state index in [1.165, 1.54) is 30.3 Å². The molecule has 0 aromatic carbocycles. The van der Waals surface area contributed by atoms with Crippen molar-refractivity contribution in [1.29, 1.82) is 0 Å². The van der Waals surface area contributed by atoms with E-state index in [4.69, 9.17) is 5.73 Å². The van der Waals surface area contributed by atoms with Crippen molar-refractivity contribution in [3.63, 3.8) is 0 Å². The van der Waals surface area contributed by atoms with Gasteiger partial charge in [0, 0.05) is 32.3 Å². The Labute approximate surface area is 187 Å². The van der Waals surface area contributed by atoms with Crippen LogP contribution in [0.5, 0.6) is 0 Å². The van der Waals surface area contributed by atoms with Gasteiger partial charge in [-0.05, 0) is 31.9 Å². The van der Waals surface area contributed by atoms with E-state index in [-0.39, 0.29) is 31.6 Å². The Balaban J connectivity index is 1.68. The number of carbonyl (C=O) groups excluding carboxylic acids is 2. The maximum Gasteiger partial charge on any atom is 0.321 e. The molecule has 0 saturated carbocycles. The molecule has 1 aliphatic heterocycles. The van der Waals surface area contributed by atoms with E-state index in [1.54, 1.807) is 0 Å². The number of urea groups is 1. The zero-order valence-electron chi connectivity index (χ0n) is 17.8. The molecule has 10 nitrogen and oxygen atoms in total. The Bertz CT molecular complexity index is 1140. The summed E-state index contributed by atoms with van der Waals surface area (Å²) >= 11 is 0. The van der Waals surface area contributed by atoms with Gasteiger partial charge in [-0.2, -0.15) is 5.10 Å². The summed E-state index contributed by atoms with van der Waals surface area (Å²) in [7, 11) is -3.51. The number of rotatable bonds is 6. The maximum absolute atomic E-state index is 15.6. The lowest BCUT2D eigenvalue weighted by atomic mass is 9.92. The fraction of sp³-hybridized carbons (Fsp3) is 0.474. The molecule has 1 atom stereocenters. The number of alkyl halides is 3. The third kappa shape index (κ3) is 4.79. The summed E-state index contributed by atoms with van der Waals surface area (Å²) < 4.78 is 68.9. The standard InChI is InChI=1S/C19H23F3N6O4S/c1-19(22,33(31,32)14-10-27(2)26-15(14)16(20)21)11-5-7-28(8-6-11)18(30)25-12-3-4-13(17(23)29)24-9-12/h3-4,9-11,16H,5-8H2,1-2H3,(H2,23,29)(H,25,30). The largest absolute Gasteiger partial charge is 0.364 e. The molecule has 180 valence electrons. The average Bonchev–Trinajstić information content (AvgIpc) is 3.17. The predicted octanol–water partition coefficient (Wildman–Crippen LogP) is 2.26. The van der Waals surface area contributed by atoms with Crippen LogP contribution in [0.4, 0.5) is 23.7 Å².